The van der Waals surface area contributed by atoms with Gasteiger partial charge in [-0.1, -0.05) is 18.1 Å². The van der Waals surface area contributed by atoms with Crippen molar-refractivity contribution < 1.29 is 14.7 Å². The van der Waals surface area contributed by atoms with Crippen LogP contribution >= 0.6 is 11.8 Å². The van der Waals surface area contributed by atoms with E-state index in [4.69, 9.17) is 11.5 Å². The van der Waals surface area contributed by atoms with Crippen LogP contribution in [0.1, 0.15) is 5.56 Å². The molecule has 18 heavy (non-hydrogen) atoms. The second kappa shape index (κ2) is 4.98. The van der Waals surface area contributed by atoms with E-state index in [-0.39, 0.29) is 23.4 Å². The van der Waals surface area contributed by atoms with Crippen molar-refractivity contribution in [3.63, 3.8) is 0 Å². The predicted molar refractivity (Wildman–Crippen MR) is 69.6 cm³/mol. The number of imide groups is 1. The number of carbonyl (C=O) groups excluding carboxylic acids is 2. The smallest absolute Gasteiger partial charge is 0.294 e. The SMILES string of the molecule is C#CCN1C(=O)S/C(=C/c2ccc(O)cc2)C1=O. The molecule has 0 aliphatic carbocycles. The molecule has 1 aliphatic rings. The third-order valence-corrected chi connectivity index (χ3v) is 3.22. The van der Waals surface area contributed by atoms with Gasteiger partial charge in [-0.3, -0.25) is 14.5 Å². The molecular weight excluding hydrogens is 250 g/mol. The largest absolute Gasteiger partial charge is 0.508 e. The molecule has 1 fully saturated rings. The zero-order chi connectivity index (χ0) is 13.1. The average molecular weight is 259 g/mol. The number of nitrogens with zero attached hydrogens (tertiary/aromatic N) is 1. The molecule has 1 N–H and O–H groups in total. The number of benzene rings is 1. The van der Waals surface area contributed by atoms with Gasteiger partial charge in [0.05, 0.1) is 11.4 Å². The lowest BCUT2D eigenvalue weighted by Gasteiger charge is -2.06. The number of hydrogen-bond acceptors (Lipinski definition) is 4. The Bertz CT molecular complexity index is 569. The standard InChI is InChI=1S/C13H9NO3S/c1-2-7-14-12(16)11(18-13(14)17)8-9-3-5-10(15)6-4-9/h1,3-6,8,15H,7H2/b11-8+. The highest BCUT2D eigenvalue weighted by Gasteiger charge is 2.34. The van der Waals surface area contributed by atoms with Gasteiger partial charge in [0.1, 0.15) is 5.75 Å². The van der Waals surface area contributed by atoms with Gasteiger partial charge in [-0.15, -0.1) is 6.42 Å². The average Bonchev–Trinajstić information content (AvgIpc) is 2.60. The van der Waals surface area contributed by atoms with Crippen molar-refractivity contribution in [2.75, 3.05) is 6.54 Å². The fraction of sp³-hybridized carbons (Fsp3) is 0.0769. The summed E-state index contributed by atoms with van der Waals surface area (Å²) in [5, 5.41) is 8.79. The summed E-state index contributed by atoms with van der Waals surface area (Å²) in [4.78, 5) is 24.7. The van der Waals surface area contributed by atoms with E-state index in [1.54, 1.807) is 18.2 Å². The van der Waals surface area contributed by atoms with Gasteiger partial charge >= 0.3 is 0 Å². The Morgan fingerprint density at radius 3 is 2.61 bits per heavy atom. The molecule has 0 atom stereocenters. The van der Waals surface area contributed by atoms with Crippen molar-refractivity contribution in [3.05, 3.63) is 34.7 Å². The summed E-state index contributed by atoms with van der Waals surface area (Å²) >= 11 is 0.861. The fourth-order valence-corrected chi connectivity index (χ4v) is 2.29. The molecule has 0 spiro atoms. The van der Waals surface area contributed by atoms with Gasteiger partial charge < -0.3 is 5.11 Å². The highest BCUT2D eigenvalue weighted by Crippen LogP contribution is 2.31. The summed E-state index contributed by atoms with van der Waals surface area (Å²) in [5.41, 5.74) is 0.735. The third kappa shape index (κ3) is 2.39. The molecule has 90 valence electrons. The van der Waals surface area contributed by atoms with Crippen LogP contribution in [0.25, 0.3) is 6.08 Å². The maximum Gasteiger partial charge on any atom is 0.294 e. The van der Waals surface area contributed by atoms with Gasteiger partial charge in [-0.2, -0.15) is 0 Å². The van der Waals surface area contributed by atoms with E-state index in [2.05, 4.69) is 5.92 Å². The van der Waals surface area contributed by atoms with Crippen LogP contribution in [0.15, 0.2) is 29.2 Å². The van der Waals surface area contributed by atoms with Crippen molar-refractivity contribution in [1.82, 2.24) is 4.90 Å². The first-order chi connectivity index (χ1) is 8.61. The molecule has 0 radical (unpaired) electrons. The highest BCUT2D eigenvalue weighted by atomic mass is 32.2. The molecule has 1 saturated heterocycles. The number of rotatable bonds is 2. The molecule has 2 amide bonds. The zero-order valence-electron chi connectivity index (χ0n) is 9.29. The molecular formula is C13H9NO3S. The molecule has 1 aliphatic heterocycles. The Balaban J connectivity index is 2.25. The second-order valence-electron chi connectivity index (χ2n) is 3.56. The maximum atomic E-state index is 11.8. The highest BCUT2D eigenvalue weighted by molar-refractivity contribution is 8.18. The number of hydrogen-bond donors (Lipinski definition) is 1. The summed E-state index contributed by atoms with van der Waals surface area (Å²) in [6.07, 6.45) is 6.69. The van der Waals surface area contributed by atoms with Gasteiger partial charge in [0.25, 0.3) is 11.1 Å². The molecule has 2 rings (SSSR count). The van der Waals surface area contributed by atoms with Crippen LogP contribution in [0.4, 0.5) is 4.79 Å². The molecule has 1 aromatic carbocycles. The summed E-state index contributed by atoms with van der Waals surface area (Å²) < 4.78 is 0. The molecule has 4 nitrogen and oxygen atoms in total. The van der Waals surface area contributed by atoms with Gasteiger partial charge in [-0.25, -0.2) is 0 Å². The number of terminal acetylenes is 1. The first-order valence-corrected chi connectivity index (χ1v) is 5.91. The Kier molecular flexibility index (Phi) is 3.40. The Labute approximate surface area is 108 Å². The third-order valence-electron chi connectivity index (χ3n) is 2.31. The van der Waals surface area contributed by atoms with Gasteiger partial charge in [0.15, 0.2) is 0 Å². The molecule has 0 bridgehead atoms. The van der Waals surface area contributed by atoms with Gasteiger partial charge in [0.2, 0.25) is 0 Å². The lowest BCUT2D eigenvalue weighted by Crippen LogP contribution is -2.28. The zero-order valence-corrected chi connectivity index (χ0v) is 10.1. The van der Waals surface area contributed by atoms with E-state index in [1.165, 1.54) is 12.1 Å². The Hall–Kier alpha value is -2.19. The van der Waals surface area contributed by atoms with Gasteiger partial charge in [-0.05, 0) is 35.5 Å². The minimum absolute atomic E-state index is 0.0163. The number of amides is 2. The van der Waals surface area contributed by atoms with Crippen molar-refractivity contribution >= 4 is 29.0 Å². The molecule has 0 saturated carbocycles. The Morgan fingerprint density at radius 1 is 1.33 bits per heavy atom. The lowest BCUT2D eigenvalue weighted by molar-refractivity contribution is -0.122. The van der Waals surface area contributed by atoms with Crippen molar-refractivity contribution in [1.29, 1.82) is 0 Å². The number of carbonyl (C=O) groups is 2. The van der Waals surface area contributed by atoms with Crippen LogP contribution in [-0.4, -0.2) is 27.7 Å². The number of aromatic hydroxyl groups is 1. The summed E-state index contributed by atoms with van der Waals surface area (Å²) in [6, 6.07) is 6.34. The van der Waals surface area contributed by atoms with Crippen LogP contribution in [0.5, 0.6) is 5.75 Å². The summed E-state index contributed by atoms with van der Waals surface area (Å²) in [7, 11) is 0. The van der Waals surface area contributed by atoms with E-state index < -0.39 is 0 Å². The van der Waals surface area contributed by atoms with Crippen LogP contribution in [0.3, 0.4) is 0 Å². The Morgan fingerprint density at radius 2 is 2.00 bits per heavy atom. The first kappa shape index (κ1) is 12.3. The minimum Gasteiger partial charge on any atom is -0.508 e. The molecule has 0 unspecified atom stereocenters. The summed E-state index contributed by atoms with van der Waals surface area (Å²) in [5.74, 6) is 2.04. The maximum absolute atomic E-state index is 11.8. The van der Waals surface area contributed by atoms with E-state index >= 15 is 0 Å². The number of phenols is 1. The first-order valence-electron chi connectivity index (χ1n) is 5.09. The van der Waals surface area contributed by atoms with Gasteiger partial charge in [0, 0.05) is 0 Å². The van der Waals surface area contributed by atoms with Crippen molar-refractivity contribution in [2.24, 2.45) is 0 Å². The molecule has 0 aromatic heterocycles. The van der Waals surface area contributed by atoms with Crippen LogP contribution in [-0.2, 0) is 4.79 Å². The molecule has 1 aromatic rings. The van der Waals surface area contributed by atoms with Crippen molar-refractivity contribution in [2.45, 2.75) is 0 Å². The topological polar surface area (TPSA) is 57.6 Å². The van der Waals surface area contributed by atoms with Crippen LogP contribution < -0.4 is 0 Å². The lowest BCUT2D eigenvalue weighted by atomic mass is 10.2. The van der Waals surface area contributed by atoms with Crippen LogP contribution in [0.2, 0.25) is 0 Å². The number of thioether (sulfide) groups is 1. The van der Waals surface area contributed by atoms with Crippen molar-refractivity contribution in [3.8, 4) is 18.1 Å². The number of phenolic OH excluding ortho intramolecular Hbond substituents is 1. The van der Waals surface area contributed by atoms with E-state index in [0.29, 0.717) is 4.91 Å². The second-order valence-corrected chi connectivity index (χ2v) is 4.56. The molecule has 5 heteroatoms. The predicted octanol–water partition coefficient (Wildman–Crippen LogP) is 2.06. The van der Waals surface area contributed by atoms with E-state index in [1.807, 2.05) is 0 Å². The normalized spacial score (nSPS) is 17.3. The van der Waals surface area contributed by atoms with E-state index in [9.17, 15) is 9.59 Å². The fourth-order valence-electron chi connectivity index (χ4n) is 1.45. The van der Waals surface area contributed by atoms with Crippen LogP contribution in [0, 0.1) is 12.3 Å². The minimum atomic E-state index is -0.379. The summed E-state index contributed by atoms with van der Waals surface area (Å²) in [6.45, 7) is -0.0163. The quantitative estimate of drug-likeness (QED) is 0.652. The van der Waals surface area contributed by atoms with E-state index in [0.717, 1.165) is 22.2 Å². The molecule has 1 heterocycles. The monoisotopic (exact) mass is 259 g/mol.